The molecular weight excluding hydrogens is 196 g/mol. The summed E-state index contributed by atoms with van der Waals surface area (Å²) in [4.78, 5) is 2.67. The summed E-state index contributed by atoms with van der Waals surface area (Å²) in [7, 11) is 2.04. The summed E-state index contributed by atoms with van der Waals surface area (Å²) in [6.07, 6.45) is 6.96. The summed E-state index contributed by atoms with van der Waals surface area (Å²) in [5, 5.41) is 3.21. The minimum Gasteiger partial charge on any atom is -0.320 e. The van der Waals surface area contributed by atoms with E-state index in [4.69, 9.17) is 0 Å². The third-order valence-electron chi connectivity index (χ3n) is 3.90. The van der Waals surface area contributed by atoms with E-state index in [0.717, 1.165) is 11.8 Å². The van der Waals surface area contributed by atoms with Crippen molar-refractivity contribution in [3.8, 4) is 0 Å². The second-order valence-electron chi connectivity index (χ2n) is 5.61. The van der Waals surface area contributed by atoms with Crippen molar-refractivity contribution >= 4 is 0 Å². The monoisotopic (exact) mass is 226 g/mol. The lowest BCUT2D eigenvalue weighted by Gasteiger charge is -2.17. The van der Waals surface area contributed by atoms with Crippen LogP contribution in [0.2, 0.25) is 0 Å². The molecule has 0 amide bonds. The van der Waals surface area contributed by atoms with Gasteiger partial charge < -0.3 is 10.2 Å². The maximum atomic E-state index is 3.21. The maximum absolute atomic E-state index is 3.21. The summed E-state index contributed by atoms with van der Waals surface area (Å²) in [5.41, 5.74) is 0. The Bertz CT molecular complexity index is 168. The molecule has 1 saturated heterocycles. The molecule has 1 N–H and O–H groups in total. The summed E-state index contributed by atoms with van der Waals surface area (Å²) in [5.74, 6) is 1.84. The number of unbranched alkanes of at least 4 members (excludes halogenated alkanes) is 3. The van der Waals surface area contributed by atoms with Gasteiger partial charge in [0, 0.05) is 6.54 Å². The van der Waals surface area contributed by atoms with E-state index in [9.17, 15) is 0 Å². The van der Waals surface area contributed by atoms with Crippen LogP contribution in [0.25, 0.3) is 0 Å². The fourth-order valence-electron chi connectivity index (χ4n) is 2.60. The topological polar surface area (TPSA) is 15.3 Å². The van der Waals surface area contributed by atoms with Crippen LogP contribution in [0.4, 0.5) is 0 Å². The molecule has 0 spiro atoms. The molecule has 1 aliphatic rings. The molecule has 1 atom stereocenters. The minimum absolute atomic E-state index is 0.876. The summed E-state index contributed by atoms with van der Waals surface area (Å²) < 4.78 is 0. The molecule has 96 valence electrons. The molecule has 1 rings (SSSR count). The highest BCUT2D eigenvalue weighted by Gasteiger charge is 2.23. The molecule has 0 radical (unpaired) electrons. The van der Waals surface area contributed by atoms with Crippen molar-refractivity contribution in [3.63, 3.8) is 0 Å². The van der Waals surface area contributed by atoms with Gasteiger partial charge in [-0.05, 0) is 57.8 Å². The van der Waals surface area contributed by atoms with Crippen LogP contribution < -0.4 is 5.32 Å². The maximum Gasteiger partial charge on any atom is 0.00126 e. The lowest BCUT2D eigenvalue weighted by atomic mass is 9.95. The number of nitrogens with one attached hydrogen (secondary N) is 1. The third-order valence-corrected chi connectivity index (χ3v) is 3.90. The van der Waals surface area contributed by atoms with Crippen molar-refractivity contribution in [2.45, 2.75) is 46.0 Å². The van der Waals surface area contributed by atoms with Gasteiger partial charge in [0.05, 0.1) is 0 Å². The summed E-state index contributed by atoms with van der Waals surface area (Å²) >= 11 is 0. The number of hydrogen-bond donors (Lipinski definition) is 1. The van der Waals surface area contributed by atoms with Gasteiger partial charge in [0.2, 0.25) is 0 Å². The first-order valence-corrected chi connectivity index (χ1v) is 7.11. The molecule has 1 aliphatic heterocycles. The second kappa shape index (κ2) is 8.08. The molecule has 0 bridgehead atoms. The number of nitrogens with zero attached hydrogens (tertiary/aromatic N) is 1. The molecule has 0 aromatic heterocycles. The Hall–Kier alpha value is -0.0800. The normalized spacial score (nSPS) is 22.1. The second-order valence-corrected chi connectivity index (χ2v) is 5.61. The number of rotatable bonds is 8. The smallest absolute Gasteiger partial charge is 0.00126 e. The first-order chi connectivity index (χ1) is 7.74. The third kappa shape index (κ3) is 5.31. The fraction of sp³-hybridized carbons (Fsp3) is 1.00. The molecule has 1 fully saturated rings. The van der Waals surface area contributed by atoms with E-state index >= 15 is 0 Å². The van der Waals surface area contributed by atoms with Crippen LogP contribution in [0.5, 0.6) is 0 Å². The van der Waals surface area contributed by atoms with Crippen LogP contribution in [-0.4, -0.2) is 38.1 Å². The van der Waals surface area contributed by atoms with Crippen LogP contribution in [-0.2, 0) is 0 Å². The highest BCUT2D eigenvalue weighted by molar-refractivity contribution is 4.77. The molecule has 16 heavy (non-hydrogen) atoms. The Morgan fingerprint density at radius 1 is 1.19 bits per heavy atom. The van der Waals surface area contributed by atoms with E-state index in [0.29, 0.717) is 0 Å². The average Bonchev–Trinajstić information content (AvgIpc) is 2.72. The SMILES string of the molecule is CNCCCCCCN1CCC(C(C)C)C1. The predicted molar refractivity (Wildman–Crippen MR) is 71.8 cm³/mol. The largest absolute Gasteiger partial charge is 0.320 e. The zero-order chi connectivity index (χ0) is 11.8. The molecule has 2 nitrogen and oxygen atoms in total. The molecule has 0 aromatic carbocycles. The molecule has 2 heteroatoms. The molecule has 0 saturated carbocycles. The van der Waals surface area contributed by atoms with Crippen LogP contribution in [0.15, 0.2) is 0 Å². The van der Waals surface area contributed by atoms with Gasteiger partial charge in [-0.1, -0.05) is 26.7 Å². The first-order valence-electron chi connectivity index (χ1n) is 7.11. The molecular formula is C14H30N2. The molecule has 0 aromatic rings. The lowest BCUT2D eigenvalue weighted by Crippen LogP contribution is -2.23. The number of likely N-dealkylation sites (tertiary alicyclic amines) is 1. The van der Waals surface area contributed by atoms with Gasteiger partial charge in [0.15, 0.2) is 0 Å². The van der Waals surface area contributed by atoms with E-state index in [1.165, 1.54) is 58.3 Å². The molecule has 1 heterocycles. The highest BCUT2D eigenvalue weighted by Crippen LogP contribution is 2.23. The van der Waals surface area contributed by atoms with Gasteiger partial charge >= 0.3 is 0 Å². The Labute approximate surface area is 102 Å². The molecule has 0 aliphatic carbocycles. The van der Waals surface area contributed by atoms with Gasteiger partial charge in [-0.2, -0.15) is 0 Å². The quantitative estimate of drug-likeness (QED) is 0.640. The number of hydrogen-bond acceptors (Lipinski definition) is 2. The van der Waals surface area contributed by atoms with E-state index in [2.05, 4.69) is 24.1 Å². The van der Waals surface area contributed by atoms with Gasteiger partial charge in [0.1, 0.15) is 0 Å². The van der Waals surface area contributed by atoms with E-state index < -0.39 is 0 Å². The Morgan fingerprint density at radius 2 is 1.94 bits per heavy atom. The standard InChI is InChI=1S/C14H30N2/c1-13(2)14-8-11-16(12-14)10-7-5-4-6-9-15-3/h13-15H,4-12H2,1-3H3. The summed E-state index contributed by atoms with van der Waals surface area (Å²) in [6, 6.07) is 0. The van der Waals surface area contributed by atoms with Gasteiger partial charge in [-0.25, -0.2) is 0 Å². The Balaban J connectivity index is 1.94. The fourth-order valence-corrected chi connectivity index (χ4v) is 2.60. The van der Waals surface area contributed by atoms with Crippen molar-refractivity contribution in [2.75, 3.05) is 33.2 Å². The Kier molecular flexibility index (Phi) is 7.06. The van der Waals surface area contributed by atoms with Crippen LogP contribution in [0, 0.1) is 11.8 Å². The minimum atomic E-state index is 0.876. The van der Waals surface area contributed by atoms with E-state index in [1.54, 1.807) is 0 Å². The first kappa shape index (κ1) is 14.0. The van der Waals surface area contributed by atoms with Gasteiger partial charge in [-0.3, -0.25) is 0 Å². The van der Waals surface area contributed by atoms with Crippen LogP contribution in [0.3, 0.4) is 0 Å². The van der Waals surface area contributed by atoms with Crippen molar-refractivity contribution in [1.29, 1.82) is 0 Å². The van der Waals surface area contributed by atoms with Crippen LogP contribution >= 0.6 is 0 Å². The van der Waals surface area contributed by atoms with Gasteiger partial charge in [-0.15, -0.1) is 0 Å². The highest BCUT2D eigenvalue weighted by atomic mass is 15.1. The van der Waals surface area contributed by atoms with Gasteiger partial charge in [0.25, 0.3) is 0 Å². The van der Waals surface area contributed by atoms with Crippen molar-refractivity contribution in [3.05, 3.63) is 0 Å². The lowest BCUT2D eigenvalue weighted by molar-refractivity contribution is 0.296. The molecule has 1 unspecified atom stereocenters. The van der Waals surface area contributed by atoms with Crippen molar-refractivity contribution < 1.29 is 0 Å². The zero-order valence-electron chi connectivity index (χ0n) is 11.5. The van der Waals surface area contributed by atoms with Crippen molar-refractivity contribution in [2.24, 2.45) is 11.8 Å². The average molecular weight is 226 g/mol. The predicted octanol–water partition coefficient (Wildman–Crippen LogP) is 2.74. The van der Waals surface area contributed by atoms with Crippen molar-refractivity contribution in [1.82, 2.24) is 10.2 Å². The van der Waals surface area contributed by atoms with Crippen LogP contribution in [0.1, 0.15) is 46.0 Å². The summed E-state index contributed by atoms with van der Waals surface area (Å²) in [6.45, 7) is 9.95. The zero-order valence-corrected chi connectivity index (χ0v) is 11.5. The Morgan fingerprint density at radius 3 is 2.56 bits per heavy atom. The van der Waals surface area contributed by atoms with E-state index in [1.807, 2.05) is 7.05 Å². The van der Waals surface area contributed by atoms with E-state index in [-0.39, 0.29) is 0 Å².